The molecule has 0 radical (unpaired) electrons. The third-order valence-corrected chi connectivity index (χ3v) is 9.15. The van der Waals surface area contributed by atoms with Gasteiger partial charge in [-0.3, -0.25) is 0 Å². The van der Waals surface area contributed by atoms with Crippen molar-refractivity contribution in [1.82, 2.24) is 9.78 Å². The van der Waals surface area contributed by atoms with Gasteiger partial charge in [0.05, 0.1) is 0 Å². The quantitative estimate of drug-likeness (QED) is 0.443. The van der Waals surface area contributed by atoms with E-state index in [1.54, 1.807) is 12.1 Å². The number of nitro groups is 1. The van der Waals surface area contributed by atoms with Crippen LogP contribution in [0, 0.1) is 10.1 Å². The second-order valence-electron chi connectivity index (χ2n) is 6.82. The Labute approximate surface area is 133 Å². The summed E-state index contributed by atoms with van der Waals surface area (Å²) >= 11 is -2.49. The first-order valence-electron chi connectivity index (χ1n) is 7.66. The molecule has 1 aliphatic rings. The first-order chi connectivity index (χ1) is 10.4. The Morgan fingerprint density at radius 1 is 1.36 bits per heavy atom. The van der Waals surface area contributed by atoms with Crippen molar-refractivity contribution in [3.05, 3.63) is 28.3 Å². The second-order valence-corrected chi connectivity index (χ2v) is 21.0. The number of benzene rings is 1. The number of hydrogen-bond donors (Lipinski definition) is 0. The van der Waals surface area contributed by atoms with Crippen LogP contribution >= 0.6 is 0 Å². The Kier molecular flexibility index (Phi) is 4.15. The molecule has 1 unspecified atom stereocenters. The van der Waals surface area contributed by atoms with E-state index in [2.05, 4.69) is 14.8 Å². The van der Waals surface area contributed by atoms with E-state index in [1.807, 2.05) is 10.7 Å². The van der Waals surface area contributed by atoms with Gasteiger partial charge < -0.3 is 0 Å². The zero-order chi connectivity index (χ0) is 15.9. The average molecular weight is 410 g/mol. The molecule has 2 heterocycles. The third-order valence-electron chi connectivity index (χ3n) is 4.04. The van der Waals surface area contributed by atoms with Gasteiger partial charge in [0.25, 0.3) is 0 Å². The maximum atomic E-state index is 11.1. The predicted molar refractivity (Wildman–Crippen MR) is 88.2 cm³/mol. The number of non-ortho nitro benzene ring substituents is 1. The molecular weight excluding hydrogens is 389 g/mol. The van der Waals surface area contributed by atoms with Gasteiger partial charge in [-0.05, 0) is 0 Å². The molecule has 1 saturated heterocycles. The number of nitro benzene ring substituents is 1. The predicted octanol–water partition coefficient (Wildman–Crippen LogP) is 3.19. The Morgan fingerprint density at radius 2 is 2.14 bits per heavy atom. The molecule has 3 rings (SSSR count). The van der Waals surface area contributed by atoms with Crippen molar-refractivity contribution in [2.45, 2.75) is 40.3 Å². The van der Waals surface area contributed by atoms with E-state index in [-0.39, 0.29) is 16.8 Å². The van der Waals surface area contributed by atoms with Gasteiger partial charge >= 0.3 is 133 Å². The molecule has 22 heavy (non-hydrogen) atoms. The molecule has 1 atom stereocenters. The maximum absolute atomic E-state index is 11.1. The average Bonchev–Trinajstić information content (AvgIpc) is 2.86. The monoisotopic (exact) mass is 411 g/mol. The van der Waals surface area contributed by atoms with Crippen LogP contribution in [0.15, 0.2) is 18.2 Å². The summed E-state index contributed by atoms with van der Waals surface area (Å²) in [5.41, 5.74) is 1.09. The summed E-state index contributed by atoms with van der Waals surface area (Å²) < 4.78 is 8.91. The van der Waals surface area contributed by atoms with Crippen LogP contribution in [-0.4, -0.2) is 39.7 Å². The zero-order valence-electron chi connectivity index (χ0n) is 13.2. The molecule has 118 valence electrons. The minimum atomic E-state index is -2.49. The molecule has 2 aromatic rings. The Balaban J connectivity index is 2.19. The summed E-state index contributed by atoms with van der Waals surface area (Å²) in [4.78, 5) is 17.6. The molecular formula is C15H21N3O3Sn. The first kappa shape index (κ1) is 15.7. The van der Waals surface area contributed by atoms with Gasteiger partial charge in [-0.15, -0.1) is 0 Å². The van der Waals surface area contributed by atoms with Crippen LogP contribution in [-0.2, 0) is 4.74 Å². The third kappa shape index (κ3) is 2.86. The summed E-state index contributed by atoms with van der Waals surface area (Å²) in [6.07, 6.45) is 3.13. The van der Waals surface area contributed by atoms with Crippen molar-refractivity contribution in [1.29, 1.82) is 0 Å². The van der Waals surface area contributed by atoms with Crippen LogP contribution in [0.2, 0.25) is 14.8 Å². The van der Waals surface area contributed by atoms with Crippen LogP contribution in [0.5, 0.6) is 0 Å². The summed E-state index contributed by atoms with van der Waals surface area (Å²) in [5, 5.41) is 16.9. The van der Waals surface area contributed by atoms with Crippen molar-refractivity contribution in [3.63, 3.8) is 0 Å². The molecule has 0 bridgehead atoms. The minimum absolute atomic E-state index is 0.0416. The van der Waals surface area contributed by atoms with E-state index < -0.39 is 18.4 Å². The van der Waals surface area contributed by atoms with Crippen molar-refractivity contribution in [2.24, 2.45) is 0 Å². The molecule has 0 saturated carbocycles. The van der Waals surface area contributed by atoms with Crippen LogP contribution in [0.3, 0.4) is 0 Å². The van der Waals surface area contributed by atoms with Gasteiger partial charge in [-0.25, -0.2) is 0 Å². The van der Waals surface area contributed by atoms with Gasteiger partial charge in [0.15, 0.2) is 0 Å². The number of rotatable bonds is 3. The fraction of sp³-hybridized carbons (Fsp3) is 0.533. The topological polar surface area (TPSA) is 70.2 Å². The number of aromatic nitrogens is 2. The van der Waals surface area contributed by atoms with Gasteiger partial charge in [-0.1, -0.05) is 0 Å². The van der Waals surface area contributed by atoms with Crippen molar-refractivity contribution in [2.75, 3.05) is 6.61 Å². The van der Waals surface area contributed by atoms with E-state index in [0.29, 0.717) is 0 Å². The van der Waals surface area contributed by atoms with Crippen molar-refractivity contribution >= 4 is 38.7 Å². The second kappa shape index (κ2) is 5.81. The standard InChI is InChI=1S/C12H12N3O3.3CH3.Sn/c16-15(17)10-4-5-11-9(7-10)8-13-14(11)12-3-1-2-6-18-12;;;;/h4-5,7,12H,1-3,6H2;3*1H3;. The summed E-state index contributed by atoms with van der Waals surface area (Å²) in [6.45, 7) is 0.757. The van der Waals surface area contributed by atoms with E-state index in [9.17, 15) is 10.1 Å². The van der Waals surface area contributed by atoms with Gasteiger partial charge in [0.1, 0.15) is 0 Å². The van der Waals surface area contributed by atoms with E-state index in [1.165, 1.54) is 0 Å². The molecule has 6 nitrogen and oxygen atoms in total. The molecule has 1 aromatic heterocycles. The zero-order valence-corrected chi connectivity index (χ0v) is 16.1. The van der Waals surface area contributed by atoms with Gasteiger partial charge in [-0.2, -0.15) is 0 Å². The fourth-order valence-electron chi connectivity index (χ4n) is 2.93. The SMILES string of the molecule is [CH3][Sn]([CH3])([CH3])[c]1nn(C2CCCCO2)c2ccc([N+](=O)[O-])cc12. The number of ether oxygens (including phenoxy) is 1. The fourth-order valence-corrected chi connectivity index (χ4v) is 6.97. The van der Waals surface area contributed by atoms with Crippen LogP contribution in [0.1, 0.15) is 25.5 Å². The van der Waals surface area contributed by atoms with Crippen molar-refractivity contribution < 1.29 is 9.66 Å². The van der Waals surface area contributed by atoms with Gasteiger partial charge in [0, 0.05) is 0 Å². The Morgan fingerprint density at radius 3 is 2.73 bits per heavy atom. The van der Waals surface area contributed by atoms with Crippen LogP contribution in [0.25, 0.3) is 10.9 Å². The number of nitrogens with zero attached hydrogens (tertiary/aromatic N) is 3. The summed E-state index contributed by atoms with van der Waals surface area (Å²) in [5.74, 6) is 0. The Hall–Kier alpha value is -1.15. The molecule has 0 spiro atoms. The number of hydrogen-bond acceptors (Lipinski definition) is 4. The van der Waals surface area contributed by atoms with E-state index in [0.717, 1.165) is 40.5 Å². The van der Waals surface area contributed by atoms with Crippen molar-refractivity contribution in [3.8, 4) is 0 Å². The van der Waals surface area contributed by atoms with E-state index >= 15 is 0 Å². The van der Waals surface area contributed by atoms with Crippen LogP contribution < -0.4 is 3.71 Å². The molecule has 1 aliphatic heterocycles. The molecule has 0 amide bonds. The first-order valence-corrected chi connectivity index (χ1v) is 17.7. The molecule has 1 fully saturated rings. The Bertz CT molecular complexity index is 715. The number of fused-ring (bicyclic) bond motifs is 1. The molecule has 0 N–H and O–H groups in total. The van der Waals surface area contributed by atoms with E-state index in [4.69, 9.17) is 9.84 Å². The summed E-state index contributed by atoms with van der Waals surface area (Å²) in [7, 11) is 0. The summed E-state index contributed by atoms with van der Waals surface area (Å²) in [6, 6.07) is 5.06. The molecule has 1 aromatic carbocycles. The normalized spacial score (nSPS) is 19.5. The molecule has 7 heteroatoms. The van der Waals surface area contributed by atoms with Crippen LogP contribution in [0.4, 0.5) is 5.69 Å². The molecule has 0 aliphatic carbocycles. The van der Waals surface area contributed by atoms with Gasteiger partial charge in [0.2, 0.25) is 0 Å².